The van der Waals surface area contributed by atoms with Crippen LogP contribution in [0.15, 0.2) is 12.4 Å². The lowest BCUT2D eigenvalue weighted by molar-refractivity contribution is 0.239. The summed E-state index contributed by atoms with van der Waals surface area (Å²) in [4.78, 5) is 6.53. The highest BCUT2D eigenvalue weighted by molar-refractivity contribution is 4.87. The monoisotopic (exact) mass is 167 g/mol. The maximum Gasteiger partial charge on any atom is 0.106 e. The highest BCUT2D eigenvalue weighted by atomic mass is 15.3. The minimum atomic E-state index is 0.957. The molecule has 0 aliphatic rings. The van der Waals surface area contributed by atoms with Gasteiger partial charge in [0.05, 0.1) is 6.67 Å². The first-order valence-corrected chi connectivity index (χ1v) is 4.48. The van der Waals surface area contributed by atoms with Gasteiger partial charge in [0, 0.05) is 12.4 Å². The van der Waals surface area contributed by atoms with E-state index in [1.807, 2.05) is 19.3 Å². The second-order valence-electron chi connectivity index (χ2n) is 2.89. The van der Waals surface area contributed by atoms with Crippen molar-refractivity contribution < 1.29 is 0 Å². The van der Waals surface area contributed by atoms with Gasteiger partial charge in [-0.15, -0.1) is 0 Å². The van der Waals surface area contributed by atoms with E-state index in [2.05, 4.69) is 28.3 Å². The van der Waals surface area contributed by atoms with Crippen LogP contribution in [-0.4, -0.2) is 27.5 Å². The van der Waals surface area contributed by atoms with E-state index in [9.17, 15) is 0 Å². The average Bonchev–Trinajstić information content (AvgIpc) is 2.47. The number of aromatic nitrogens is 2. The summed E-state index contributed by atoms with van der Waals surface area (Å²) in [6, 6.07) is 0. The first kappa shape index (κ1) is 9.26. The third-order valence-electron chi connectivity index (χ3n) is 2.17. The molecule has 12 heavy (non-hydrogen) atoms. The van der Waals surface area contributed by atoms with Gasteiger partial charge in [0.1, 0.15) is 5.82 Å². The first-order valence-electron chi connectivity index (χ1n) is 4.48. The zero-order chi connectivity index (χ0) is 8.97. The third kappa shape index (κ3) is 2.08. The number of imidazole rings is 1. The highest BCUT2D eigenvalue weighted by Crippen LogP contribution is 1.98. The normalized spacial score (nSPS) is 11.0. The Labute approximate surface area is 74.0 Å². The molecule has 0 radical (unpaired) electrons. The van der Waals surface area contributed by atoms with Crippen molar-refractivity contribution >= 4 is 0 Å². The quantitative estimate of drug-likeness (QED) is 0.677. The van der Waals surface area contributed by atoms with Gasteiger partial charge < -0.3 is 4.57 Å². The molecule has 1 aromatic rings. The van der Waals surface area contributed by atoms with E-state index in [1.54, 1.807) is 0 Å². The van der Waals surface area contributed by atoms with Crippen molar-refractivity contribution in [2.75, 3.05) is 13.1 Å². The van der Waals surface area contributed by atoms with E-state index < -0.39 is 0 Å². The molecule has 0 aromatic carbocycles. The molecule has 0 aliphatic heterocycles. The van der Waals surface area contributed by atoms with Crippen LogP contribution < -0.4 is 0 Å². The fraction of sp³-hybridized carbons (Fsp3) is 0.667. The van der Waals surface area contributed by atoms with E-state index in [-0.39, 0.29) is 0 Å². The number of hydrogen-bond acceptors (Lipinski definition) is 2. The maximum atomic E-state index is 4.17. The summed E-state index contributed by atoms with van der Waals surface area (Å²) in [6.07, 6.45) is 3.87. The number of hydrogen-bond donors (Lipinski definition) is 0. The molecule has 0 fully saturated rings. The fourth-order valence-electron chi connectivity index (χ4n) is 1.19. The van der Waals surface area contributed by atoms with Crippen LogP contribution in [0.25, 0.3) is 0 Å². The van der Waals surface area contributed by atoms with Crippen molar-refractivity contribution in [1.29, 1.82) is 0 Å². The van der Waals surface area contributed by atoms with Gasteiger partial charge in [-0.05, 0) is 20.0 Å². The fourth-order valence-corrected chi connectivity index (χ4v) is 1.19. The zero-order valence-electron chi connectivity index (χ0n) is 8.12. The molecule has 0 saturated carbocycles. The second kappa shape index (κ2) is 4.26. The molecule has 1 aromatic heterocycles. The van der Waals surface area contributed by atoms with Crippen molar-refractivity contribution in [3.8, 4) is 0 Å². The average molecular weight is 167 g/mol. The Morgan fingerprint density at radius 1 is 1.42 bits per heavy atom. The topological polar surface area (TPSA) is 21.1 Å². The summed E-state index contributed by atoms with van der Waals surface area (Å²) in [6.45, 7) is 9.52. The molecule has 0 aliphatic carbocycles. The van der Waals surface area contributed by atoms with Crippen molar-refractivity contribution in [3.05, 3.63) is 18.2 Å². The Hall–Kier alpha value is -0.830. The lowest BCUT2D eigenvalue weighted by atomic mass is 10.5. The molecule has 68 valence electrons. The summed E-state index contributed by atoms with van der Waals surface area (Å²) in [5.41, 5.74) is 0. The summed E-state index contributed by atoms with van der Waals surface area (Å²) in [5.74, 6) is 1.09. The zero-order valence-corrected chi connectivity index (χ0v) is 8.12. The number of rotatable bonds is 4. The Morgan fingerprint density at radius 2 is 2.08 bits per heavy atom. The molecule has 0 bridgehead atoms. The SMILES string of the molecule is CCN(CC)Cn1ccnc1C. The van der Waals surface area contributed by atoms with Gasteiger partial charge in [0.2, 0.25) is 0 Å². The van der Waals surface area contributed by atoms with Crippen LogP contribution in [0.4, 0.5) is 0 Å². The van der Waals surface area contributed by atoms with Crippen molar-refractivity contribution in [2.24, 2.45) is 0 Å². The summed E-state index contributed by atoms with van der Waals surface area (Å²) in [7, 11) is 0. The van der Waals surface area contributed by atoms with Gasteiger partial charge in [0.15, 0.2) is 0 Å². The molecule has 0 N–H and O–H groups in total. The van der Waals surface area contributed by atoms with Gasteiger partial charge in [0.25, 0.3) is 0 Å². The van der Waals surface area contributed by atoms with Crippen LogP contribution in [0.2, 0.25) is 0 Å². The predicted octanol–water partition coefficient (Wildman–Crippen LogP) is 1.49. The smallest absolute Gasteiger partial charge is 0.106 e. The van der Waals surface area contributed by atoms with Crippen molar-refractivity contribution in [2.45, 2.75) is 27.4 Å². The predicted molar refractivity (Wildman–Crippen MR) is 49.9 cm³/mol. The first-order chi connectivity index (χ1) is 5.77. The molecule has 3 heteroatoms. The Kier molecular flexibility index (Phi) is 3.29. The van der Waals surface area contributed by atoms with E-state index in [1.165, 1.54) is 0 Å². The Balaban J connectivity index is 2.56. The van der Waals surface area contributed by atoms with E-state index >= 15 is 0 Å². The summed E-state index contributed by atoms with van der Waals surface area (Å²) in [5, 5.41) is 0. The Morgan fingerprint density at radius 3 is 2.50 bits per heavy atom. The molecule has 0 atom stereocenters. The molecule has 0 saturated heterocycles. The molecule has 1 rings (SSSR count). The van der Waals surface area contributed by atoms with Crippen LogP contribution in [-0.2, 0) is 6.67 Å². The standard InChI is InChI=1S/C9H17N3/c1-4-11(5-2)8-12-7-6-10-9(12)3/h6-7H,4-5,8H2,1-3H3. The lowest BCUT2D eigenvalue weighted by Crippen LogP contribution is -2.26. The summed E-state index contributed by atoms with van der Waals surface area (Å²) < 4.78 is 2.16. The van der Waals surface area contributed by atoms with Crippen LogP contribution in [0.3, 0.4) is 0 Å². The van der Waals surface area contributed by atoms with Crippen molar-refractivity contribution in [1.82, 2.24) is 14.5 Å². The van der Waals surface area contributed by atoms with Crippen LogP contribution in [0, 0.1) is 6.92 Å². The van der Waals surface area contributed by atoms with Gasteiger partial charge in [-0.3, -0.25) is 4.90 Å². The molecule has 1 heterocycles. The minimum absolute atomic E-state index is 0.957. The van der Waals surface area contributed by atoms with Crippen LogP contribution >= 0.6 is 0 Å². The molecular weight excluding hydrogens is 150 g/mol. The molecule has 3 nitrogen and oxygen atoms in total. The van der Waals surface area contributed by atoms with Gasteiger partial charge in [-0.2, -0.15) is 0 Å². The van der Waals surface area contributed by atoms with Crippen LogP contribution in [0.5, 0.6) is 0 Å². The second-order valence-corrected chi connectivity index (χ2v) is 2.89. The van der Waals surface area contributed by atoms with Gasteiger partial charge in [-0.25, -0.2) is 4.98 Å². The third-order valence-corrected chi connectivity index (χ3v) is 2.17. The van der Waals surface area contributed by atoms with Crippen molar-refractivity contribution in [3.63, 3.8) is 0 Å². The lowest BCUT2D eigenvalue weighted by Gasteiger charge is -2.19. The summed E-state index contributed by atoms with van der Waals surface area (Å²) >= 11 is 0. The Bertz CT molecular complexity index is 225. The molecule has 0 unspecified atom stereocenters. The van der Waals surface area contributed by atoms with E-state index in [0.717, 1.165) is 25.6 Å². The number of nitrogens with zero attached hydrogens (tertiary/aromatic N) is 3. The van der Waals surface area contributed by atoms with Crippen LogP contribution in [0.1, 0.15) is 19.7 Å². The van der Waals surface area contributed by atoms with E-state index in [4.69, 9.17) is 0 Å². The van der Waals surface area contributed by atoms with Gasteiger partial charge >= 0.3 is 0 Å². The molecule has 0 amide bonds. The molecule has 0 spiro atoms. The highest BCUT2D eigenvalue weighted by Gasteiger charge is 2.01. The maximum absolute atomic E-state index is 4.17. The van der Waals surface area contributed by atoms with Gasteiger partial charge in [-0.1, -0.05) is 13.8 Å². The van der Waals surface area contributed by atoms with E-state index in [0.29, 0.717) is 0 Å². The largest absolute Gasteiger partial charge is 0.322 e. The molecular formula is C9H17N3. The number of aryl methyl sites for hydroxylation is 1. The minimum Gasteiger partial charge on any atom is -0.322 e.